The van der Waals surface area contributed by atoms with Crippen LogP contribution in [0.3, 0.4) is 0 Å². The Hall–Kier alpha value is -4.14. The van der Waals surface area contributed by atoms with Crippen molar-refractivity contribution in [1.82, 2.24) is 30.5 Å². The van der Waals surface area contributed by atoms with Crippen LogP contribution >= 0.6 is 0 Å². The highest BCUT2D eigenvalue weighted by Crippen LogP contribution is 2.46. The summed E-state index contributed by atoms with van der Waals surface area (Å²) < 4.78 is 33.6. The second-order valence-corrected chi connectivity index (χ2v) is 17.2. The summed E-state index contributed by atoms with van der Waals surface area (Å²) in [6.07, 6.45) is 6.69. The molecule has 0 spiro atoms. The Bertz CT molecular complexity index is 1650. The molecular formula is C35H48N6O8S. The molecule has 3 heterocycles. The van der Waals surface area contributed by atoms with Crippen molar-refractivity contribution >= 4 is 39.9 Å². The van der Waals surface area contributed by atoms with Crippen molar-refractivity contribution < 1.29 is 37.1 Å². The molecule has 0 bridgehead atoms. The molecule has 2 aliphatic carbocycles. The number of carbonyl (C=O) groups is 5. The quantitative estimate of drug-likeness (QED) is 0.336. The predicted molar refractivity (Wildman–Crippen MR) is 183 cm³/mol. The van der Waals surface area contributed by atoms with Gasteiger partial charge in [-0.05, 0) is 70.4 Å². The van der Waals surface area contributed by atoms with E-state index in [1.54, 1.807) is 4.90 Å². The third-order valence-electron chi connectivity index (χ3n) is 10.0. The molecule has 1 saturated heterocycles. The standard InChI is InChI=1S/C35H48N6O8S/c1-34(2,3)38-32(45)36-27-14-8-6-4-5-7-13-24-18-35(24,31(44)39-50(47,48)26-15-16-26)37-29(42)28-17-25(21-41(28)30(27)43)49-33(46)40-19-22-11-9-10-12-23(22)20-40/h7,9-13,24-28H,4-6,8,14-21H2,1-3H3,(H,37,42)(H,39,44)(H2,36,38,45)/t24-,25-,27-,28+,35-/m1/s1. The lowest BCUT2D eigenvalue weighted by Crippen LogP contribution is -2.59. The molecule has 3 fully saturated rings. The Morgan fingerprint density at radius 3 is 2.36 bits per heavy atom. The van der Waals surface area contributed by atoms with Gasteiger partial charge < -0.3 is 25.6 Å². The van der Waals surface area contributed by atoms with E-state index >= 15 is 0 Å². The van der Waals surface area contributed by atoms with Gasteiger partial charge in [-0.2, -0.15) is 0 Å². The van der Waals surface area contributed by atoms with Crippen LogP contribution in [-0.2, 0) is 42.2 Å². The zero-order valence-corrected chi connectivity index (χ0v) is 29.7. The van der Waals surface area contributed by atoms with Crippen LogP contribution in [0.5, 0.6) is 0 Å². The molecule has 4 N–H and O–H groups in total. The van der Waals surface area contributed by atoms with Gasteiger partial charge in [-0.15, -0.1) is 0 Å². The van der Waals surface area contributed by atoms with Gasteiger partial charge in [0.15, 0.2) is 0 Å². The van der Waals surface area contributed by atoms with Crippen molar-refractivity contribution in [2.24, 2.45) is 5.92 Å². The zero-order valence-electron chi connectivity index (χ0n) is 28.9. The average Bonchev–Trinajstić information content (AvgIpc) is 3.92. The number of hydrogen-bond donors (Lipinski definition) is 4. The number of nitrogens with zero attached hydrogens (tertiary/aromatic N) is 2. The number of ether oxygens (including phenoxy) is 1. The molecule has 1 aromatic carbocycles. The fraction of sp³-hybridized carbons (Fsp3) is 0.629. The summed E-state index contributed by atoms with van der Waals surface area (Å²) in [5, 5.41) is 7.83. The van der Waals surface area contributed by atoms with E-state index in [-0.39, 0.29) is 19.4 Å². The van der Waals surface area contributed by atoms with E-state index < -0.39 is 80.3 Å². The predicted octanol–water partition coefficient (Wildman–Crippen LogP) is 2.58. The number of carbonyl (C=O) groups excluding carboxylic acids is 5. The molecule has 14 nitrogen and oxygen atoms in total. The number of nitrogens with one attached hydrogen (secondary N) is 4. The monoisotopic (exact) mass is 712 g/mol. The third kappa shape index (κ3) is 8.08. The van der Waals surface area contributed by atoms with Crippen LogP contribution in [0.2, 0.25) is 0 Å². The molecule has 50 heavy (non-hydrogen) atoms. The molecule has 15 heteroatoms. The SMILES string of the molecule is CC(C)(C)NC(=O)N[C@@H]1CCCCCC=C[C@@H]2C[C@@]2(C(=O)NS(=O)(=O)C2CC2)NC(=O)[C@@H]2C[C@@H](OC(=O)N3Cc4ccccc4C3)CN2C1=O. The Morgan fingerprint density at radius 1 is 1.00 bits per heavy atom. The first-order valence-electron chi connectivity index (χ1n) is 17.6. The fourth-order valence-corrected chi connectivity index (χ4v) is 8.43. The van der Waals surface area contributed by atoms with E-state index in [0.717, 1.165) is 24.0 Å². The highest BCUT2D eigenvalue weighted by atomic mass is 32.2. The summed E-state index contributed by atoms with van der Waals surface area (Å²) in [7, 11) is -3.89. The molecule has 3 aliphatic heterocycles. The molecule has 0 radical (unpaired) electrons. The van der Waals surface area contributed by atoms with Crippen LogP contribution in [0.15, 0.2) is 36.4 Å². The minimum Gasteiger partial charge on any atom is -0.444 e. The first kappa shape index (κ1) is 35.7. The number of fused-ring (bicyclic) bond motifs is 3. The number of rotatable bonds is 5. The maximum Gasteiger partial charge on any atom is 0.410 e. The number of hydrogen-bond acceptors (Lipinski definition) is 8. The van der Waals surface area contributed by atoms with Gasteiger partial charge >= 0.3 is 12.1 Å². The van der Waals surface area contributed by atoms with E-state index in [0.29, 0.717) is 45.2 Å². The molecule has 2 saturated carbocycles. The summed E-state index contributed by atoms with van der Waals surface area (Å²) in [5.41, 5.74) is -0.0427. The van der Waals surface area contributed by atoms with Crippen LogP contribution in [0.25, 0.3) is 0 Å². The van der Waals surface area contributed by atoms with E-state index in [2.05, 4.69) is 20.7 Å². The number of allylic oxidation sites excluding steroid dienone is 1. The van der Waals surface area contributed by atoms with Crippen molar-refractivity contribution in [2.45, 2.75) is 126 Å². The van der Waals surface area contributed by atoms with E-state index in [1.165, 1.54) is 4.90 Å². The second-order valence-electron chi connectivity index (χ2n) is 15.3. The minimum atomic E-state index is -3.89. The third-order valence-corrected chi connectivity index (χ3v) is 11.8. The van der Waals surface area contributed by atoms with E-state index in [1.807, 2.05) is 57.2 Å². The summed E-state index contributed by atoms with van der Waals surface area (Å²) in [4.78, 5) is 71.3. The van der Waals surface area contributed by atoms with Gasteiger partial charge in [-0.1, -0.05) is 49.3 Å². The van der Waals surface area contributed by atoms with Gasteiger partial charge in [0, 0.05) is 31.0 Å². The molecule has 5 aliphatic rings. The van der Waals surface area contributed by atoms with Gasteiger partial charge in [0.1, 0.15) is 23.7 Å². The molecule has 0 aromatic heterocycles. The van der Waals surface area contributed by atoms with Gasteiger partial charge in [0.05, 0.1) is 11.8 Å². The van der Waals surface area contributed by atoms with Crippen LogP contribution in [0.4, 0.5) is 9.59 Å². The van der Waals surface area contributed by atoms with Crippen molar-refractivity contribution in [1.29, 1.82) is 0 Å². The van der Waals surface area contributed by atoms with Crippen molar-refractivity contribution in [3.8, 4) is 0 Å². The minimum absolute atomic E-state index is 0.0381. The topological polar surface area (TPSA) is 183 Å². The molecule has 6 rings (SSSR count). The zero-order chi connectivity index (χ0) is 35.8. The van der Waals surface area contributed by atoms with Crippen LogP contribution < -0.4 is 20.7 Å². The average molecular weight is 713 g/mol. The Balaban J connectivity index is 1.25. The maximum absolute atomic E-state index is 14.3. The lowest BCUT2D eigenvalue weighted by Gasteiger charge is -2.30. The summed E-state index contributed by atoms with van der Waals surface area (Å²) in [6, 6.07) is 5.06. The molecule has 272 valence electrons. The first-order valence-corrected chi connectivity index (χ1v) is 19.2. The van der Waals surface area contributed by atoms with Gasteiger partial charge in [-0.25, -0.2) is 18.0 Å². The van der Waals surface area contributed by atoms with Crippen molar-refractivity contribution in [2.75, 3.05) is 6.54 Å². The number of amides is 6. The summed E-state index contributed by atoms with van der Waals surface area (Å²) in [5.74, 6) is -2.40. The molecule has 1 aromatic rings. The van der Waals surface area contributed by atoms with Crippen molar-refractivity contribution in [3.05, 3.63) is 47.5 Å². The van der Waals surface area contributed by atoms with E-state index in [9.17, 15) is 32.4 Å². The molecular weight excluding hydrogens is 664 g/mol. The number of urea groups is 1. The highest BCUT2D eigenvalue weighted by Gasteiger charge is 2.62. The van der Waals surface area contributed by atoms with Gasteiger partial charge in [-0.3, -0.25) is 24.0 Å². The van der Waals surface area contributed by atoms with Crippen LogP contribution in [0.1, 0.15) is 89.7 Å². The number of sulfonamides is 1. The Labute approximate surface area is 293 Å². The summed E-state index contributed by atoms with van der Waals surface area (Å²) >= 11 is 0. The highest BCUT2D eigenvalue weighted by molar-refractivity contribution is 7.91. The molecule has 6 amide bonds. The van der Waals surface area contributed by atoms with Gasteiger partial charge in [0.2, 0.25) is 21.8 Å². The summed E-state index contributed by atoms with van der Waals surface area (Å²) in [6.45, 7) is 6.12. The van der Waals surface area contributed by atoms with Crippen LogP contribution in [0, 0.1) is 5.92 Å². The lowest BCUT2D eigenvalue weighted by atomic mass is 10.0. The largest absolute Gasteiger partial charge is 0.444 e. The fourth-order valence-electron chi connectivity index (χ4n) is 7.06. The Kier molecular flexibility index (Phi) is 9.90. The van der Waals surface area contributed by atoms with E-state index in [4.69, 9.17) is 4.74 Å². The first-order chi connectivity index (χ1) is 23.6. The molecule has 5 atom stereocenters. The molecule has 0 unspecified atom stereocenters. The smallest absolute Gasteiger partial charge is 0.410 e. The number of benzene rings is 1. The van der Waals surface area contributed by atoms with Gasteiger partial charge in [0.25, 0.3) is 5.91 Å². The van der Waals surface area contributed by atoms with Crippen molar-refractivity contribution in [3.63, 3.8) is 0 Å². The Morgan fingerprint density at radius 2 is 1.70 bits per heavy atom. The lowest BCUT2D eigenvalue weighted by molar-refractivity contribution is -0.141. The second kappa shape index (κ2) is 13.9. The maximum atomic E-state index is 14.3. The normalized spacial score (nSPS) is 28.6. The van der Waals surface area contributed by atoms with Crippen LogP contribution in [-0.4, -0.2) is 89.1 Å².